The molecule has 0 spiro atoms. The largest absolute Gasteiger partial charge is 0.339 e. The minimum Gasteiger partial charge on any atom is -0.339 e. The minimum absolute atomic E-state index is 0. The lowest BCUT2D eigenvalue weighted by Crippen LogP contribution is -2.46. The Hall–Kier alpha value is -1.15. The zero-order valence-corrected chi connectivity index (χ0v) is 16.0. The second kappa shape index (κ2) is 8.49. The fraction of sp³-hybridized carbons (Fsp3) is 0.588. The average molecular weight is 388 g/mol. The van der Waals surface area contributed by atoms with E-state index in [2.05, 4.69) is 16.1 Å². The van der Waals surface area contributed by atoms with Gasteiger partial charge in [0.05, 0.1) is 6.26 Å². The molecule has 2 saturated heterocycles. The molecule has 2 N–H and O–H groups in total. The van der Waals surface area contributed by atoms with E-state index in [4.69, 9.17) is 0 Å². The van der Waals surface area contributed by atoms with Gasteiger partial charge in [-0.15, -0.1) is 12.4 Å². The van der Waals surface area contributed by atoms with E-state index in [9.17, 15) is 13.2 Å². The van der Waals surface area contributed by atoms with Crippen molar-refractivity contribution >= 4 is 28.3 Å². The van der Waals surface area contributed by atoms with E-state index >= 15 is 0 Å². The maximum absolute atomic E-state index is 12.7. The van der Waals surface area contributed by atoms with Crippen molar-refractivity contribution in [3.05, 3.63) is 35.4 Å². The summed E-state index contributed by atoms with van der Waals surface area (Å²) in [4.78, 5) is 14.6. The Balaban J connectivity index is 0.00000225. The second-order valence-electron chi connectivity index (χ2n) is 6.77. The second-order valence-corrected chi connectivity index (χ2v) is 8.55. The maximum Gasteiger partial charge on any atom is 0.253 e. The Morgan fingerprint density at radius 1 is 1.24 bits per heavy atom. The Bertz CT molecular complexity index is 697. The highest BCUT2D eigenvalue weighted by Gasteiger charge is 2.26. The normalized spacial score (nSPS) is 21.8. The van der Waals surface area contributed by atoms with Crippen LogP contribution in [0.1, 0.15) is 41.1 Å². The Kier molecular flexibility index (Phi) is 6.85. The summed E-state index contributed by atoms with van der Waals surface area (Å²) in [6, 6.07) is 7.87. The molecular weight excluding hydrogens is 362 g/mol. The third-order valence-electron chi connectivity index (χ3n) is 4.83. The van der Waals surface area contributed by atoms with Crippen molar-refractivity contribution in [3.8, 4) is 0 Å². The number of hydrogen-bond acceptors (Lipinski definition) is 4. The highest BCUT2D eigenvalue weighted by Crippen LogP contribution is 2.24. The molecule has 1 aromatic rings. The van der Waals surface area contributed by atoms with Crippen LogP contribution in [-0.2, 0) is 10.0 Å². The Labute approximate surface area is 155 Å². The molecule has 1 amide bonds. The summed E-state index contributed by atoms with van der Waals surface area (Å²) < 4.78 is 25.2. The molecule has 25 heavy (non-hydrogen) atoms. The van der Waals surface area contributed by atoms with E-state index < -0.39 is 10.0 Å². The van der Waals surface area contributed by atoms with Crippen molar-refractivity contribution in [2.45, 2.75) is 31.2 Å². The van der Waals surface area contributed by atoms with E-state index in [0.29, 0.717) is 31.8 Å². The number of nitrogens with one attached hydrogen (secondary N) is 2. The number of nitrogens with zero attached hydrogens (tertiary/aromatic N) is 1. The van der Waals surface area contributed by atoms with Gasteiger partial charge in [-0.3, -0.25) is 4.79 Å². The molecule has 2 aliphatic rings. The first-order chi connectivity index (χ1) is 11.4. The Morgan fingerprint density at radius 2 is 1.96 bits per heavy atom. The molecule has 0 aliphatic carbocycles. The number of rotatable bonds is 4. The highest BCUT2D eigenvalue weighted by atomic mass is 35.5. The third-order valence-corrected chi connectivity index (χ3v) is 5.59. The number of carbonyl (C=O) groups excluding carboxylic acids is 1. The number of likely N-dealkylation sites (tertiary alicyclic amines) is 1. The van der Waals surface area contributed by atoms with Crippen molar-refractivity contribution in [2.24, 2.45) is 0 Å². The smallest absolute Gasteiger partial charge is 0.253 e. The van der Waals surface area contributed by atoms with E-state index in [0.717, 1.165) is 25.1 Å². The maximum atomic E-state index is 12.7. The van der Waals surface area contributed by atoms with Gasteiger partial charge in [0, 0.05) is 31.2 Å². The molecule has 1 unspecified atom stereocenters. The molecule has 0 saturated carbocycles. The van der Waals surface area contributed by atoms with Crippen LogP contribution in [0.25, 0.3) is 0 Å². The summed E-state index contributed by atoms with van der Waals surface area (Å²) in [5.74, 6) is 0.531. The number of carbonyl (C=O) groups is 1. The van der Waals surface area contributed by atoms with Crippen LogP contribution in [0.15, 0.2) is 24.3 Å². The lowest BCUT2D eigenvalue weighted by atomic mass is 9.96. The fourth-order valence-electron chi connectivity index (χ4n) is 3.55. The van der Waals surface area contributed by atoms with E-state index in [1.165, 1.54) is 11.8 Å². The molecule has 140 valence electrons. The molecule has 2 aliphatic heterocycles. The van der Waals surface area contributed by atoms with Crippen molar-refractivity contribution < 1.29 is 13.2 Å². The fourth-order valence-corrected chi connectivity index (χ4v) is 4.39. The van der Waals surface area contributed by atoms with Crippen LogP contribution in [0.2, 0.25) is 0 Å². The summed E-state index contributed by atoms with van der Waals surface area (Å²) in [7, 11) is -3.19. The SMILES string of the molecule is CS(=O)(=O)NC1CCN(C(=O)c2cccc(C3CCNC3)c2)CC1.Cl. The number of amides is 1. The zero-order valence-electron chi connectivity index (χ0n) is 14.4. The number of sulfonamides is 1. The molecule has 1 atom stereocenters. The van der Waals surface area contributed by atoms with Gasteiger partial charge in [-0.25, -0.2) is 13.1 Å². The summed E-state index contributed by atoms with van der Waals surface area (Å²) in [5, 5.41) is 3.35. The third kappa shape index (κ3) is 5.41. The van der Waals surface area contributed by atoms with Crippen molar-refractivity contribution in [3.63, 3.8) is 0 Å². The molecular formula is C17H26ClN3O3S. The molecule has 2 fully saturated rings. The first kappa shape index (κ1) is 20.2. The van der Waals surface area contributed by atoms with Crippen LogP contribution < -0.4 is 10.0 Å². The number of piperidine rings is 1. The molecule has 1 aromatic carbocycles. The molecule has 3 rings (SSSR count). The monoisotopic (exact) mass is 387 g/mol. The van der Waals surface area contributed by atoms with E-state index in [1.54, 1.807) is 0 Å². The van der Waals surface area contributed by atoms with Crippen molar-refractivity contribution in [1.29, 1.82) is 0 Å². The van der Waals surface area contributed by atoms with Gasteiger partial charge >= 0.3 is 0 Å². The lowest BCUT2D eigenvalue weighted by molar-refractivity contribution is 0.0711. The molecule has 0 bridgehead atoms. The minimum atomic E-state index is -3.19. The van der Waals surface area contributed by atoms with E-state index in [1.807, 2.05) is 23.1 Å². The summed E-state index contributed by atoms with van der Waals surface area (Å²) in [5.41, 5.74) is 1.95. The first-order valence-electron chi connectivity index (χ1n) is 8.49. The van der Waals surface area contributed by atoms with Gasteiger partial charge < -0.3 is 10.2 Å². The van der Waals surface area contributed by atoms with E-state index in [-0.39, 0.29) is 24.4 Å². The molecule has 6 nitrogen and oxygen atoms in total. The van der Waals surface area contributed by atoms with Crippen LogP contribution in [0.4, 0.5) is 0 Å². The van der Waals surface area contributed by atoms with Gasteiger partial charge in [0.25, 0.3) is 5.91 Å². The van der Waals surface area contributed by atoms with Gasteiger partial charge in [-0.1, -0.05) is 12.1 Å². The summed E-state index contributed by atoms with van der Waals surface area (Å²) >= 11 is 0. The van der Waals surface area contributed by atoms with Crippen LogP contribution in [0.5, 0.6) is 0 Å². The predicted molar refractivity (Wildman–Crippen MR) is 101 cm³/mol. The van der Waals surface area contributed by atoms with Gasteiger partial charge in [-0.05, 0) is 49.4 Å². The molecule has 2 heterocycles. The van der Waals surface area contributed by atoms with Crippen LogP contribution in [-0.4, -0.2) is 57.7 Å². The topological polar surface area (TPSA) is 78.5 Å². The Morgan fingerprint density at radius 3 is 2.56 bits per heavy atom. The highest BCUT2D eigenvalue weighted by molar-refractivity contribution is 7.88. The number of benzene rings is 1. The van der Waals surface area contributed by atoms with Gasteiger partial charge in [-0.2, -0.15) is 0 Å². The molecule has 8 heteroatoms. The predicted octanol–water partition coefficient (Wildman–Crippen LogP) is 1.34. The summed E-state index contributed by atoms with van der Waals surface area (Å²) in [6.07, 6.45) is 3.60. The van der Waals surface area contributed by atoms with Crippen LogP contribution in [0.3, 0.4) is 0 Å². The zero-order chi connectivity index (χ0) is 17.2. The van der Waals surface area contributed by atoms with Gasteiger partial charge in [0.1, 0.15) is 0 Å². The number of hydrogen-bond donors (Lipinski definition) is 2. The van der Waals surface area contributed by atoms with Gasteiger partial charge in [0.2, 0.25) is 10.0 Å². The average Bonchev–Trinajstić information content (AvgIpc) is 3.08. The quantitative estimate of drug-likeness (QED) is 0.817. The number of halogens is 1. The lowest BCUT2D eigenvalue weighted by Gasteiger charge is -2.32. The van der Waals surface area contributed by atoms with Crippen LogP contribution in [0, 0.1) is 0 Å². The standard InChI is InChI=1S/C17H25N3O3S.ClH/c1-24(22,23)19-16-6-9-20(10-7-16)17(21)14-4-2-3-13(11-14)15-5-8-18-12-15;/h2-4,11,15-16,18-19H,5-10,12H2,1H3;1H. The molecule has 0 aromatic heterocycles. The van der Waals surface area contributed by atoms with Crippen LogP contribution >= 0.6 is 12.4 Å². The van der Waals surface area contributed by atoms with Crippen molar-refractivity contribution in [2.75, 3.05) is 32.4 Å². The van der Waals surface area contributed by atoms with Gasteiger partial charge in [0.15, 0.2) is 0 Å². The first-order valence-corrected chi connectivity index (χ1v) is 10.4. The molecule has 0 radical (unpaired) electrons. The van der Waals surface area contributed by atoms with Crippen molar-refractivity contribution in [1.82, 2.24) is 14.9 Å². The summed E-state index contributed by atoms with van der Waals surface area (Å²) in [6.45, 7) is 3.17.